The van der Waals surface area contributed by atoms with E-state index >= 15 is 0 Å². The van der Waals surface area contributed by atoms with Crippen molar-refractivity contribution >= 4 is 5.97 Å². The molecule has 0 aromatic heterocycles. The summed E-state index contributed by atoms with van der Waals surface area (Å²) in [6, 6.07) is 19.7. The fraction of sp³-hybridized carbons (Fsp3) is 0.278. The van der Waals surface area contributed by atoms with Gasteiger partial charge in [0.2, 0.25) is 0 Å². The second-order valence-corrected chi connectivity index (χ2v) is 4.93. The lowest BCUT2D eigenvalue weighted by atomic mass is 10.0. The smallest absolute Gasteiger partial charge is 0.307 e. The van der Waals surface area contributed by atoms with Crippen LogP contribution in [0.4, 0.5) is 0 Å². The van der Waals surface area contributed by atoms with Gasteiger partial charge in [-0.3, -0.25) is 10.1 Å². The fourth-order valence-electron chi connectivity index (χ4n) is 2.15. The summed E-state index contributed by atoms with van der Waals surface area (Å²) in [5.41, 5.74) is 2.16. The van der Waals surface area contributed by atoms with Crippen LogP contribution in [-0.4, -0.2) is 19.8 Å². The van der Waals surface area contributed by atoms with Crippen molar-refractivity contribution in [2.45, 2.75) is 19.1 Å². The van der Waals surface area contributed by atoms with Crippen LogP contribution in [0.15, 0.2) is 60.7 Å². The largest absolute Gasteiger partial charge is 0.469 e. The van der Waals surface area contributed by atoms with Crippen LogP contribution in [0.25, 0.3) is 0 Å². The summed E-state index contributed by atoms with van der Waals surface area (Å²) in [6.45, 7) is 0.902. The monoisotopic (exact) mass is 299 g/mol. The second kappa shape index (κ2) is 8.97. The van der Waals surface area contributed by atoms with E-state index in [1.807, 2.05) is 60.7 Å². The van der Waals surface area contributed by atoms with Crippen molar-refractivity contribution in [2.75, 3.05) is 13.8 Å². The van der Waals surface area contributed by atoms with Crippen molar-refractivity contribution in [3.63, 3.8) is 0 Å². The first-order chi connectivity index (χ1) is 10.8. The Labute approximate surface area is 131 Å². The predicted octanol–water partition coefficient (Wildman–Crippen LogP) is 3.05. The lowest BCUT2D eigenvalue weighted by molar-refractivity contribution is -0.141. The van der Waals surface area contributed by atoms with E-state index in [2.05, 4.69) is 5.32 Å². The average Bonchev–Trinajstić information content (AvgIpc) is 2.59. The molecule has 1 atom stereocenters. The average molecular weight is 299 g/mol. The summed E-state index contributed by atoms with van der Waals surface area (Å²) >= 11 is 0. The molecule has 2 rings (SSSR count). The van der Waals surface area contributed by atoms with Gasteiger partial charge in [-0.25, -0.2) is 0 Å². The van der Waals surface area contributed by atoms with Crippen LogP contribution in [0.2, 0.25) is 0 Å². The molecule has 0 aliphatic heterocycles. The molecular formula is C18H21NO3. The quantitative estimate of drug-likeness (QED) is 0.462. The minimum absolute atomic E-state index is 0.121. The fourth-order valence-corrected chi connectivity index (χ4v) is 2.15. The van der Waals surface area contributed by atoms with E-state index in [-0.39, 0.29) is 18.4 Å². The highest BCUT2D eigenvalue weighted by Crippen LogP contribution is 2.17. The van der Waals surface area contributed by atoms with E-state index in [0.717, 1.165) is 11.1 Å². The van der Waals surface area contributed by atoms with E-state index in [0.29, 0.717) is 13.3 Å². The van der Waals surface area contributed by atoms with Gasteiger partial charge < -0.3 is 9.47 Å². The molecule has 116 valence electrons. The highest BCUT2D eigenvalue weighted by Gasteiger charge is 2.15. The zero-order chi connectivity index (χ0) is 15.6. The van der Waals surface area contributed by atoms with Gasteiger partial charge in [-0.1, -0.05) is 60.7 Å². The van der Waals surface area contributed by atoms with E-state index in [9.17, 15) is 4.79 Å². The lowest BCUT2D eigenvalue weighted by Crippen LogP contribution is -2.26. The van der Waals surface area contributed by atoms with Crippen molar-refractivity contribution < 1.29 is 14.3 Å². The zero-order valence-electron chi connectivity index (χ0n) is 12.7. The maximum absolute atomic E-state index is 11.5. The third kappa shape index (κ3) is 5.31. The molecule has 0 radical (unpaired) electrons. The number of hydrogen-bond acceptors (Lipinski definition) is 4. The zero-order valence-corrected chi connectivity index (χ0v) is 12.7. The summed E-state index contributed by atoms with van der Waals surface area (Å²) in [7, 11) is 1.40. The van der Waals surface area contributed by atoms with Gasteiger partial charge in [-0.15, -0.1) is 0 Å². The van der Waals surface area contributed by atoms with Gasteiger partial charge in [0.1, 0.15) is 0 Å². The Hall–Kier alpha value is -2.17. The first kappa shape index (κ1) is 16.2. The molecule has 1 N–H and O–H groups in total. The SMILES string of the molecule is COC(=O)CC(NCOCc1ccccc1)c1ccccc1. The molecule has 0 aliphatic rings. The van der Waals surface area contributed by atoms with E-state index < -0.39 is 0 Å². The standard InChI is InChI=1S/C18H21NO3/c1-21-18(20)12-17(16-10-6-3-7-11-16)19-14-22-13-15-8-4-2-5-9-15/h2-11,17,19H,12-14H2,1H3. The normalized spacial score (nSPS) is 11.9. The molecule has 0 saturated heterocycles. The highest BCUT2D eigenvalue weighted by molar-refractivity contribution is 5.70. The van der Waals surface area contributed by atoms with Crippen LogP contribution in [0.3, 0.4) is 0 Å². The third-order valence-electron chi connectivity index (χ3n) is 3.34. The molecule has 0 fully saturated rings. The van der Waals surface area contributed by atoms with Crippen molar-refractivity contribution in [2.24, 2.45) is 0 Å². The van der Waals surface area contributed by atoms with Gasteiger partial charge in [-0.2, -0.15) is 0 Å². The van der Waals surface area contributed by atoms with Gasteiger partial charge in [0, 0.05) is 6.04 Å². The molecule has 0 aliphatic carbocycles. The van der Waals surface area contributed by atoms with Crippen molar-refractivity contribution in [3.8, 4) is 0 Å². The minimum Gasteiger partial charge on any atom is -0.469 e. The van der Waals surface area contributed by atoms with Crippen molar-refractivity contribution in [3.05, 3.63) is 71.8 Å². The highest BCUT2D eigenvalue weighted by atomic mass is 16.5. The Kier molecular flexibility index (Phi) is 6.61. The van der Waals surface area contributed by atoms with E-state index in [1.165, 1.54) is 7.11 Å². The van der Waals surface area contributed by atoms with Gasteiger partial charge >= 0.3 is 5.97 Å². The van der Waals surface area contributed by atoms with Crippen molar-refractivity contribution in [1.29, 1.82) is 0 Å². The Balaban J connectivity index is 1.85. The molecule has 2 aromatic rings. The molecule has 0 saturated carbocycles. The number of hydrogen-bond donors (Lipinski definition) is 1. The topological polar surface area (TPSA) is 47.6 Å². The number of methoxy groups -OCH3 is 1. The van der Waals surface area contributed by atoms with Crippen molar-refractivity contribution in [1.82, 2.24) is 5.32 Å². The van der Waals surface area contributed by atoms with Crippen LogP contribution in [0, 0.1) is 0 Å². The molecule has 0 heterocycles. The van der Waals surface area contributed by atoms with Gasteiger partial charge in [-0.05, 0) is 11.1 Å². The number of esters is 1. The Morgan fingerprint density at radius 3 is 2.32 bits per heavy atom. The number of carbonyl (C=O) groups excluding carboxylic acids is 1. The van der Waals surface area contributed by atoms with E-state index in [1.54, 1.807) is 0 Å². The van der Waals surface area contributed by atoms with Gasteiger partial charge in [0.05, 0.1) is 26.9 Å². The maximum atomic E-state index is 11.5. The van der Waals surface area contributed by atoms with Gasteiger partial charge in [0.25, 0.3) is 0 Å². The van der Waals surface area contributed by atoms with Crippen LogP contribution in [0.5, 0.6) is 0 Å². The van der Waals surface area contributed by atoms with E-state index in [4.69, 9.17) is 9.47 Å². The molecule has 1 unspecified atom stereocenters. The summed E-state index contributed by atoms with van der Waals surface area (Å²) in [6.07, 6.45) is 0.273. The second-order valence-electron chi connectivity index (χ2n) is 4.93. The van der Waals surface area contributed by atoms with Crippen LogP contribution < -0.4 is 5.32 Å². The molecule has 22 heavy (non-hydrogen) atoms. The van der Waals surface area contributed by atoms with Crippen LogP contribution in [0.1, 0.15) is 23.6 Å². The molecule has 4 nitrogen and oxygen atoms in total. The summed E-state index contributed by atoms with van der Waals surface area (Å²) in [5.74, 6) is -0.246. The van der Waals surface area contributed by atoms with Gasteiger partial charge in [0.15, 0.2) is 0 Å². The first-order valence-electron chi connectivity index (χ1n) is 7.26. The number of nitrogens with one attached hydrogen (secondary N) is 1. The molecule has 0 bridgehead atoms. The predicted molar refractivity (Wildman–Crippen MR) is 85.0 cm³/mol. The molecular weight excluding hydrogens is 278 g/mol. The molecule has 0 amide bonds. The summed E-state index contributed by atoms with van der Waals surface area (Å²) < 4.78 is 10.4. The third-order valence-corrected chi connectivity index (χ3v) is 3.34. The Bertz CT molecular complexity index is 557. The number of carbonyl (C=O) groups is 1. The Morgan fingerprint density at radius 2 is 1.68 bits per heavy atom. The van der Waals surface area contributed by atoms with Crippen LogP contribution in [-0.2, 0) is 20.9 Å². The number of rotatable bonds is 8. The van der Waals surface area contributed by atoms with Crippen LogP contribution >= 0.6 is 0 Å². The first-order valence-corrected chi connectivity index (χ1v) is 7.26. The molecule has 0 spiro atoms. The molecule has 2 aromatic carbocycles. The number of ether oxygens (including phenoxy) is 2. The summed E-state index contributed by atoms with van der Waals surface area (Å²) in [5, 5.41) is 3.25. The maximum Gasteiger partial charge on any atom is 0.307 e. The minimum atomic E-state index is -0.246. The Morgan fingerprint density at radius 1 is 1.05 bits per heavy atom. The lowest BCUT2D eigenvalue weighted by Gasteiger charge is -2.18. The molecule has 4 heteroatoms. The summed E-state index contributed by atoms with van der Waals surface area (Å²) in [4.78, 5) is 11.5. The number of benzene rings is 2.